The number of hydrogen-bond acceptors (Lipinski definition) is 5. The van der Waals surface area contributed by atoms with Gasteiger partial charge in [0.15, 0.2) is 0 Å². The minimum absolute atomic E-state index is 0.0245. The first-order chi connectivity index (χ1) is 13.1. The highest BCUT2D eigenvalue weighted by Crippen LogP contribution is 2.33. The number of thiophene rings is 1. The molecule has 6 nitrogen and oxygen atoms in total. The molecule has 0 bridgehead atoms. The Labute approximate surface area is 163 Å². The van der Waals surface area contributed by atoms with Crippen LogP contribution in [0.2, 0.25) is 0 Å². The van der Waals surface area contributed by atoms with Crippen molar-refractivity contribution in [1.82, 2.24) is 4.90 Å². The Morgan fingerprint density at radius 2 is 2.07 bits per heavy atom. The van der Waals surface area contributed by atoms with E-state index in [0.29, 0.717) is 6.54 Å². The lowest BCUT2D eigenvalue weighted by atomic mass is 10.1. The summed E-state index contributed by atoms with van der Waals surface area (Å²) >= 11 is 1.68. The zero-order valence-electron chi connectivity index (χ0n) is 15.5. The van der Waals surface area contributed by atoms with Crippen molar-refractivity contribution in [3.05, 3.63) is 46.7 Å². The fraction of sp³-hybridized carbons (Fsp3) is 0.400. The van der Waals surface area contributed by atoms with Crippen LogP contribution in [0, 0.1) is 0 Å². The molecule has 1 aliphatic heterocycles. The number of nitrogens with zero attached hydrogens (tertiary/aromatic N) is 2. The summed E-state index contributed by atoms with van der Waals surface area (Å²) in [5, 5.41) is 4.23. The maximum absolute atomic E-state index is 13.1. The Kier molecular flexibility index (Phi) is 6.47. The van der Waals surface area contributed by atoms with Gasteiger partial charge in [0.25, 0.3) is 0 Å². The van der Waals surface area contributed by atoms with Gasteiger partial charge in [-0.05, 0) is 66.0 Å². The first-order valence-electron chi connectivity index (χ1n) is 9.07. The lowest BCUT2D eigenvalue weighted by Gasteiger charge is -2.28. The van der Waals surface area contributed by atoms with Gasteiger partial charge in [0.2, 0.25) is 11.8 Å². The normalized spacial score (nSPS) is 17.0. The van der Waals surface area contributed by atoms with Crippen LogP contribution in [0.1, 0.15) is 30.9 Å². The molecule has 7 heteroatoms. The number of hydrogen-bond donors (Lipinski definition) is 1. The van der Waals surface area contributed by atoms with Crippen molar-refractivity contribution in [3.63, 3.8) is 0 Å². The predicted octanol–water partition coefficient (Wildman–Crippen LogP) is 2.80. The van der Waals surface area contributed by atoms with Gasteiger partial charge in [0, 0.05) is 24.7 Å². The fourth-order valence-corrected chi connectivity index (χ4v) is 4.21. The molecule has 2 N–H and O–H groups in total. The first-order valence-corrected chi connectivity index (χ1v) is 10.0. The van der Waals surface area contributed by atoms with Crippen LogP contribution in [0.15, 0.2) is 41.1 Å². The molecular formula is C20H25N3O3S. The molecule has 1 aliphatic rings. The highest BCUT2D eigenvalue weighted by atomic mass is 32.1. The molecular weight excluding hydrogens is 362 g/mol. The number of ether oxygens (including phenoxy) is 1. The second-order valence-corrected chi connectivity index (χ2v) is 7.42. The fourth-order valence-electron chi connectivity index (χ4n) is 3.50. The standard InChI is InChI=1S/C20H25N3O3S/c1-26-17-6-4-16(5-7-17)23(11-8-19(21)24)20(25)13-22-10-2-3-18(22)15-9-12-27-14-15/h4-7,9,12,14,18H,2-3,8,10-11,13H2,1H3,(H2,21,24)/t18-/m1/s1. The molecule has 0 unspecified atom stereocenters. The quantitative estimate of drug-likeness (QED) is 0.756. The molecule has 0 spiro atoms. The number of likely N-dealkylation sites (tertiary alicyclic amines) is 1. The van der Waals surface area contributed by atoms with Gasteiger partial charge in [-0.25, -0.2) is 0 Å². The second kappa shape index (κ2) is 9.01. The van der Waals surface area contributed by atoms with Gasteiger partial charge in [0.05, 0.1) is 13.7 Å². The Balaban J connectivity index is 1.74. The lowest BCUT2D eigenvalue weighted by molar-refractivity contribution is -0.120. The number of methoxy groups -OCH3 is 1. The topological polar surface area (TPSA) is 75.9 Å². The van der Waals surface area contributed by atoms with E-state index >= 15 is 0 Å². The maximum atomic E-state index is 13.1. The monoisotopic (exact) mass is 387 g/mol. The molecule has 2 heterocycles. The number of benzene rings is 1. The number of carbonyl (C=O) groups excluding carboxylic acids is 2. The summed E-state index contributed by atoms with van der Waals surface area (Å²) in [5.74, 6) is 0.278. The third-order valence-corrected chi connectivity index (χ3v) is 5.60. The third kappa shape index (κ3) is 4.87. The number of amides is 2. The van der Waals surface area contributed by atoms with Gasteiger partial charge in [-0.15, -0.1) is 0 Å². The zero-order chi connectivity index (χ0) is 19.2. The Hall–Kier alpha value is -2.38. The molecule has 2 aromatic rings. The summed E-state index contributed by atoms with van der Waals surface area (Å²) in [7, 11) is 1.60. The number of carbonyl (C=O) groups is 2. The van der Waals surface area contributed by atoms with Gasteiger partial charge in [-0.3, -0.25) is 14.5 Å². The molecule has 144 valence electrons. The summed E-state index contributed by atoms with van der Waals surface area (Å²) < 4.78 is 5.19. The van der Waals surface area contributed by atoms with E-state index in [0.717, 1.165) is 30.8 Å². The highest BCUT2D eigenvalue weighted by molar-refractivity contribution is 7.07. The maximum Gasteiger partial charge on any atom is 0.241 e. The van der Waals surface area contributed by atoms with Crippen molar-refractivity contribution in [3.8, 4) is 5.75 Å². The largest absolute Gasteiger partial charge is 0.497 e. The molecule has 0 saturated carbocycles. The molecule has 1 saturated heterocycles. The van der Waals surface area contributed by atoms with E-state index in [1.165, 1.54) is 5.56 Å². The van der Waals surface area contributed by atoms with Crippen molar-refractivity contribution < 1.29 is 14.3 Å². The summed E-state index contributed by atoms with van der Waals surface area (Å²) in [6.07, 6.45) is 2.27. The number of rotatable bonds is 8. The molecule has 0 radical (unpaired) electrons. The number of anilines is 1. The van der Waals surface area contributed by atoms with Gasteiger partial charge in [0.1, 0.15) is 5.75 Å². The molecule has 1 fully saturated rings. The van der Waals surface area contributed by atoms with Crippen LogP contribution in [0.25, 0.3) is 0 Å². The van der Waals surface area contributed by atoms with Crippen molar-refractivity contribution in [2.45, 2.75) is 25.3 Å². The van der Waals surface area contributed by atoms with Gasteiger partial charge in [-0.1, -0.05) is 0 Å². The van der Waals surface area contributed by atoms with Gasteiger partial charge in [-0.2, -0.15) is 11.3 Å². The van der Waals surface area contributed by atoms with E-state index in [1.54, 1.807) is 23.3 Å². The Bertz CT molecular complexity index is 761. The third-order valence-electron chi connectivity index (χ3n) is 4.90. The van der Waals surface area contributed by atoms with Crippen LogP contribution in [0.3, 0.4) is 0 Å². The molecule has 1 atom stereocenters. The summed E-state index contributed by atoms with van der Waals surface area (Å²) in [4.78, 5) is 28.2. The van der Waals surface area contributed by atoms with E-state index in [1.807, 2.05) is 24.3 Å². The van der Waals surface area contributed by atoms with Crippen LogP contribution in [0.4, 0.5) is 5.69 Å². The highest BCUT2D eigenvalue weighted by Gasteiger charge is 2.29. The SMILES string of the molecule is COc1ccc(N(CCC(N)=O)C(=O)CN2CCC[C@@H]2c2ccsc2)cc1. The van der Waals surface area contributed by atoms with Crippen LogP contribution in [-0.4, -0.2) is 43.5 Å². The van der Waals surface area contributed by atoms with Crippen LogP contribution < -0.4 is 15.4 Å². The molecule has 2 amide bonds. The van der Waals surface area contributed by atoms with Crippen molar-refractivity contribution in [1.29, 1.82) is 0 Å². The van der Waals surface area contributed by atoms with E-state index in [-0.39, 0.29) is 24.9 Å². The van der Waals surface area contributed by atoms with E-state index in [4.69, 9.17) is 10.5 Å². The van der Waals surface area contributed by atoms with Gasteiger partial charge < -0.3 is 15.4 Å². The first kappa shape index (κ1) is 19.4. The molecule has 27 heavy (non-hydrogen) atoms. The van der Waals surface area contributed by atoms with Crippen molar-refractivity contribution in [2.75, 3.05) is 31.6 Å². The molecule has 1 aromatic heterocycles. The summed E-state index contributed by atoms with van der Waals surface area (Å²) in [5.41, 5.74) is 7.33. The van der Waals surface area contributed by atoms with Crippen molar-refractivity contribution >= 4 is 28.8 Å². The Morgan fingerprint density at radius 1 is 1.30 bits per heavy atom. The average Bonchev–Trinajstić information content (AvgIpc) is 3.33. The zero-order valence-corrected chi connectivity index (χ0v) is 16.3. The molecule has 1 aromatic carbocycles. The number of primary amides is 1. The predicted molar refractivity (Wildman–Crippen MR) is 107 cm³/mol. The molecule has 0 aliphatic carbocycles. The number of nitrogens with two attached hydrogens (primary N) is 1. The van der Waals surface area contributed by atoms with E-state index in [2.05, 4.69) is 21.7 Å². The average molecular weight is 388 g/mol. The molecule has 3 rings (SSSR count). The van der Waals surface area contributed by atoms with Crippen LogP contribution in [-0.2, 0) is 9.59 Å². The van der Waals surface area contributed by atoms with E-state index in [9.17, 15) is 9.59 Å². The minimum Gasteiger partial charge on any atom is -0.497 e. The second-order valence-electron chi connectivity index (χ2n) is 6.64. The van der Waals surface area contributed by atoms with Crippen molar-refractivity contribution in [2.24, 2.45) is 5.73 Å². The minimum atomic E-state index is -0.418. The lowest BCUT2D eigenvalue weighted by Crippen LogP contribution is -2.41. The van der Waals surface area contributed by atoms with Crippen LogP contribution in [0.5, 0.6) is 5.75 Å². The van der Waals surface area contributed by atoms with Gasteiger partial charge >= 0.3 is 0 Å². The Morgan fingerprint density at radius 3 is 2.70 bits per heavy atom. The van der Waals surface area contributed by atoms with E-state index < -0.39 is 5.91 Å². The smallest absolute Gasteiger partial charge is 0.241 e. The van der Waals surface area contributed by atoms with Crippen LogP contribution >= 0.6 is 11.3 Å². The summed E-state index contributed by atoms with van der Waals surface area (Å²) in [6, 6.07) is 9.70. The summed E-state index contributed by atoms with van der Waals surface area (Å²) in [6.45, 7) is 1.50.